The first-order valence-electron chi connectivity index (χ1n) is 14.0. The first-order chi connectivity index (χ1) is 19.0. The third-order valence-corrected chi connectivity index (χ3v) is 7.47. The van der Waals surface area contributed by atoms with Crippen molar-refractivity contribution in [2.24, 2.45) is 0 Å². The maximum absolute atomic E-state index is 2.37. The largest absolute Gasteiger partial charge is 0.310 e. The molecule has 2 heteroatoms. The lowest BCUT2D eigenvalue weighted by Crippen LogP contribution is -2.13. The fourth-order valence-corrected chi connectivity index (χ4v) is 5.05. The maximum atomic E-state index is 2.37. The van der Waals surface area contributed by atoms with E-state index in [1.807, 2.05) is 0 Å². The first-order valence-corrected chi connectivity index (χ1v) is 14.0. The van der Waals surface area contributed by atoms with E-state index >= 15 is 0 Å². The van der Waals surface area contributed by atoms with Gasteiger partial charge in [0.1, 0.15) is 0 Å². The molecule has 2 nitrogen and oxygen atoms in total. The molecule has 0 aliphatic heterocycles. The highest BCUT2D eigenvalue weighted by Crippen LogP contribution is 2.41. The molecule has 0 atom stereocenters. The van der Waals surface area contributed by atoms with Crippen molar-refractivity contribution in [3.63, 3.8) is 0 Å². The first kappa shape index (κ1) is 26.3. The highest BCUT2D eigenvalue weighted by atomic mass is 15.2. The van der Waals surface area contributed by atoms with Crippen LogP contribution in [0, 0.1) is 20.8 Å². The number of nitrogens with zero attached hydrogens (tertiary/aromatic N) is 2. The summed E-state index contributed by atoms with van der Waals surface area (Å²) in [5, 5.41) is 0. The molecule has 5 rings (SSSR count). The summed E-state index contributed by atoms with van der Waals surface area (Å²) in [6, 6.07) is 42.3. The van der Waals surface area contributed by atoms with Gasteiger partial charge in [0.05, 0.1) is 0 Å². The third-order valence-electron chi connectivity index (χ3n) is 7.47. The zero-order valence-electron chi connectivity index (χ0n) is 23.8. The molecule has 5 aromatic carbocycles. The average Bonchev–Trinajstić information content (AvgIpc) is 2.97. The summed E-state index contributed by atoms with van der Waals surface area (Å²) in [5.74, 6) is 0. The van der Waals surface area contributed by atoms with E-state index in [2.05, 4.69) is 160 Å². The zero-order valence-corrected chi connectivity index (χ0v) is 23.8. The highest BCUT2D eigenvalue weighted by molar-refractivity contribution is 5.83. The molecule has 0 unspecified atom stereocenters. The summed E-state index contributed by atoms with van der Waals surface area (Å²) in [4.78, 5) is 4.71. The van der Waals surface area contributed by atoms with Crippen LogP contribution in [0.1, 0.15) is 41.7 Å². The van der Waals surface area contributed by atoms with Crippen LogP contribution in [0.5, 0.6) is 0 Å². The minimum atomic E-state index is 1.03. The van der Waals surface area contributed by atoms with Crippen molar-refractivity contribution in [3.8, 4) is 0 Å². The van der Waals surface area contributed by atoms with Gasteiger partial charge in [-0.2, -0.15) is 0 Å². The lowest BCUT2D eigenvalue weighted by molar-refractivity contribution is 1.13. The fraction of sp³-hybridized carbons (Fsp3) is 0.189. The Labute approximate surface area is 234 Å². The van der Waals surface area contributed by atoms with Crippen molar-refractivity contribution < 1.29 is 0 Å². The van der Waals surface area contributed by atoms with Gasteiger partial charge in [0, 0.05) is 34.1 Å². The Hall–Kier alpha value is -4.30. The van der Waals surface area contributed by atoms with Gasteiger partial charge in [0.2, 0.25) is 0 Å². The minimum Gasteiger partial charge on any atom is -0.310 e. The summed E-state index contributed by atoms with van der Waals surface area (Å²) in [6.45, 7) is 10.9. The number of benzene rings is 5. The molecule has 196 valence electrons. The van der Waals surface area contributed by atoms with E-state index in [4.69, 9.17) is 0 Å². The summed E-state index contributed by atoms with van der Waals surface area (Å²) < 4.78 is 0. The van der Waals surface area contributed by atoms with Gasteiger partial charge in [-0.25, -0.2) is 0 Å². The predicted molar refractivity (Wildman–Crippen MR) is 169 cm³/mol. The van der Waals surface area contributed by atoms with E-state index in [9.17, 15) is 0 Å². The molecule has 0 aliphatic carbocycles. The van der Waals surface area contributed by atoms with Crippen LogP contribution >= 0.6 is 0 Å². The Morgan fingerprint density at radius 3 is 1.15 bits per heavy atom. The summed E-state index contributed by atoms with van der Waals surface area (Å²) >= 11 is 0. The molecule has 0 bridgehead atoms. The molecule has 0 spiro atoms. The molecule has 0 aliphatic rings. The number of hydrogen-bond acceptors (Lipinski definition) is 2. The topological polar surface area (TPSA) is 6.48 Å². The van der Waals surface area contributed by atoms with Crippen molar-refractivity contribution in [2.75, 3.05) is 9.80 Å². The van der Waals surface area contributed by atoms with Gasteiger partial charge < -0.3 is 9.80 Å². The van der Waals surface area contributed by atoms with Crippen molar-refractivity contribution in [2.45, 2.75) is 47.5 Å². The van der Waals surface area contributed by atoms with Gasteiger partial charge in [0.15, 0.2) is 0 Å². The van der Waals surface area contributed by atoms with Crippen molar-refractivity contribution in [1.82, 2.24) is 0 Å². The van der Waals surface area contributed by atoms with E-state index in [1.54, 1.807) is 0 Å². The average molecular weight is 511 g/mol. The number of anilines is 6. The Morgan fingerprint density at radius 1 is 0.410 bits per heavy atom. The fourth-order valence-electron chi connectivity index (χ4n) is 5.05. The molecule has 0 radical (unpaired) electrons. The molecule has 0 saturated heterocycles. The second-order valence-electron chi connectivity index (χ2n) is 10.4. The molecule has 0 aromatic heterocycles. The molecular formula is C37H38N2. The van der Waals surface area contributed by atoms with Crippen molar-refractivity contribution >= 4 is 34.1 Å². The Morgan fingerprint density at radius 2 is 0.769 bits per heavy atom. The normalized spacial score (nSPS) is 10.9. The molecular weight excluding hydrogens is 472 g/mol. The van der Waals surface area contributed by atoms with E-state index in [0.717, 1.165) is 41.3 Å². The third kappa shape index (κ3) is 5.76. The van der Waals surface area contributed by atoms with Crippen molar-refractivity contribution in [3.05, 3.63) is 143 Å². The zero-order chi connectivity index (χ0) is 27.4. The van der Waals surface area contributed by atoms with E-state index in [1.165, 1.54) is 33.5 Å². The Balaban J connectivity index is 1.61. The highest BCUT2D eigenvalue weighted by Gasteiger charge is 2.18. The molecule has 0 heterocycles. The van der Waals surface area contributed by atoms with Crippen molar-refractivity contribution in [1.29, 1.82) is 0 Å². The molecule has 0 N–H and O–H groups in total. The lowest BCUT2D eigenvalue weighted by Gasteiger charge is -2.30. The monoisotopic (exact) mass is 510 g/mol. The molecule has 0 fully saturated rings. The summed E-state index contributed by atoms with van der Waals surface area (Å²) in [6.07, 6.45) is 2.07. The molecule has 39 heavy (non-hydrogen) atoms. The number of rotatable bonds is 8. The minimum absolute atomic E-state index is 1.03. The SMILES string of the molecule is CCc1ccc(N(c2ccc(C)cc2)c2ccc(N(c3ccc(C)cc3)c3ccc(CC)cc3)c(C)c2)cc1. The van der Waals surface area contributed by atoms with Crippen LogP contribution in [0.4, 0.5) is 34.1 Å². The van der Waals surface area contributed by atoms with Gasteiger partial charge in [-0.3, -0.25) is 0 Å². The van der Waals surface area contributed by atoms with Crippen LogP contribution < -0.4 is 9.80 Å². The van der Waals surface area contributed by atoms with Crippen LogP contribution in [0.3, 0.4) is 0 Å². The number of hydrogen-bond donors (Lipinski definition) is 0. The van der Waals surface area contributed by atoms with Gasteiger partial charge in [-0.1, -0.05) is 73.5 Å². The van der Waals surface area contributed by atoms with Gasteiger partial charge in [0.25, 0.3) is 0 Å². The second-order valence-corrected chi connectivity index (χ2v) is 10.4. The van der Waals surface area contributed by atoms with Crippen LogP contribution in [0.25, 0.3) is 0 Å². The molecule has 0 saturated carbocycles. The molecule has 0 amide bonds. The van der Waals surface area contributed by atoms with Crippen LogP contribution in [0.15, 0.2) is 115 Å². The standard InChI is InChI=1S/C37H38N2/c1-6-30-12-20-33(21-13-30)38(32-16-8-27(3)9-17-32)36-24-25-37(29(5)26-36)39(34-18-10-28(4)11-19-34)35-22-14-31(7-2)15-23-35/h8-26H,6-7H2,1-5H3. The lowest BCUT2D eigenvalue weighted by atomic mass is 10.1. The quantitative estimate of drug-likeness (QED) is 0.205. The van der Waals surface area contributed by atoms with Gasteiger partial charge in [-0.05, 0) is 117 Å². The smallest absolute Gasteiger partial charge is 0.0492 e. The summed E-state index contributed by atoms with van der Waals surface area (Å²) in [7, 11) is 0. The Bertz CT molecular complexity index is 1510. The Kier molecular flexibility index (Phi) is 7.84. The van der Waals surface area contributed by atoms with Gasteiger partial charge >= 0.3 is 0 Å². The van der Waals surface area contributed by atoms with E-state index in [-0.39, 0.29) is 0 Å². The predicted octanol–water partition coefficient (Wildman–Crippen LogP) is 10.7. The van der Waals surface area contributed by atoms with Gasteiger partial charge in [-0.15, -0.1) is 0 Å². The van der Waals surface area contributed by atoms with Crippen LogP contribution in [0.2, 0.25) is 0 Å². The molecule has 5 aromatic rings. The van der Waals surface area contributed by atoms with Crippen LogP contribution in [-0.4, -0.2) is 0 Å². The number of aryl methyl sites for hydroxylation is 5. The summed E-state index contributed by atoms with van der Waals surface area (Å²) in [5.41, 5.74) is 13.4. The maximum Gasteiger partial charge on any atom is 0.0492 e. The van der Waals surface area contributed by atoms with E-state index < -0.39 is 0 Å². The van der Waals surface area contributed by atoms with E-state index in [0.29, 0.717) is 0 Å². The van der Waals surface area contributed by atoms with Crippen LogP contribution in [-0.2, 0) is 12.8 Å². The second kappa shape index (κ2) is 11.6.